The van der Waals surface area contributed by atoms with E-state index in [0.29, 0.717) is 41.8 Å². The molecular weight excluding hydrogens is 493 g/mol. The maximum atomic E-state index is 14.6. The molecule has 10 heteroatoms. The van der Waals surface area contributed by atoms with Crippen LogP contribution >= 0.6 is 23.2 Å². The first-order valence-corrected chi connectivity index (χ1v) is 11.8. The summed E-state index contributed by atoms with van der Waals surface area (Å²) in [7, 11) is 0. The fraction of sp³-hybridized carbons (Fsp3) is 0.200. The smallest absolute Gasteiger partial charge is 0.137 e. The Morgan fingerprint density at radius 2 is 1.91 bits per heavy atom. The summed E-state index contributed by atoms with van der Waals surface area (Å²) in [6.45, 7) is 2.09. The molecule has 0 saturated carbocycles. The molecule has 0 saturated heterocycles. The van der Waals surface area contributed by atoms with Crippen LogP contribution in [0.15, 0.2) is 67.3 Å². The van der Waals surface area contributed by atoms with Crippen molar-refractivity contribution >= 4 is 34.6 Å². The van der Waals surface area contributed by atoms with Crippen LogP contribution in [0.25, 0.3) is 0 Å². The molecule has 3 aromatic carbocycles. The molecule has 0 aliphatic carbocycles. The molecular formula is C25H22Cl2F2N6. The van der Waals surface area contributed by atoms with Gasteiger partial charge >= 0.3 is 0 Å². The number of rotatable bonds is 8. The average molecular weight is 515 g/mol. The molecule has 1 aromatic heterocycles. The Balaban J connectivity index is 1.28. The summed E-state index contributed by atoms with van der Waals surface area (Å²) in [6, 6.07) is 15.2. The van der Waals surface area contributed by atoms with Gasteiger partial charge in [0.25, 0.3) is 0 Å². The van der Waals surface area contributed by atoms with E-state index in [1.165, 1.54) is 18.5 Å². The minimum Gasteiger partial charge on any atom is -0.381 e. The van der Waals surface area contributed by atoms with Crippen LogP contribution in [-0.2, 0) is 19.6 Å². The van der Waals surface area contributed by atoms with Crippen molar-refractivity contribution in [2.75, 3.05) is 17.3 Å². The first-order chi connectivity index (χ1) is 16.9. The van der Waals surface area contributed by atoms with E-state index in [0.717, 1.165) is 28.6 Å². The molecule has 4 aromatic rings. The predicted molar refractivity (Wildman–Crippen MR) is 133 cm³/mol. The molecule has 5 rings (SSSR count). The molecule has 0 bridgehead atoms. The molecule has 1 unspecified atom stereocenters. The highest BCUT2D eigenvalue weighted by Crippen LogP contribution is 2.31. The second-order valence-corrected chi connectivity index (χ2v) is 9.28. The molecule has 6 nitrogen and oxygen atoms in total. The van der Waals surface area contributed by atoms with Gasteiger partial charge < -0.3 is 10.7 Å². The van der Waals surface area contributed by atoms with E-state index in [-0.39, 0.29) is 5.92 Å². The Kier molecular flexibility index (Phi) is 6.86. The van der Waals surface area contributed by atoms with Crippen molar-refractivity contribution in [3.05, 3.63) is 106 Å². The molecule has 1 aliphatic rings. The average Bonchev–Trinajstić information content (AvgIpc) is 3.47. The lowest BCUT2D eigenvalue weighted by molar-refractivity contribution is 0.296. The van der Waals surface area contributed by atoms with Gasteiger partial charge in [0.05, 0.1) is 12.2 Å². The number of halogens is 4. The van der Waals surface area contributed by atoms with E-state index in [1.54, 1.807) is 17.1 Å². The zero-order valence-electron chi connectivity index (χ0n) is 18.6. The SMILES string of the molecule is Fc1ccc(C(CN2Cc3cc(NCc4ccc(Cl)cc4Cl)ccc3N2)Cn2cncn2)c(F)c1. The van der Waals surface area contributed by atoms with Crippen LogP contribution in [0.1, 0.15) is 22.6 Å². The standard InChI is InChI=1S/C25H22Cl2F2N6/c26-19-2-1-16(23(27)8-19)10-31-21-4-6-25-17(7-21)11-34(33-25)12-18(13-35-15-30-14-32-35)22-5-3-20(28)9-24(22)29/h1-9,14-15,18,31,33H,10-13H2. The van der Waals surface area contributed by atoms with E-state index >= 15 is 0 Å². The maximum Gasteiger partial charge on any atom is 0.137 e. The third-order valence-corrected chi connectivity index (χ3v) is 6.55. The van der Waals surface area contributed by atoms with Gasteiger partial charge in [-0.3, -0.25) is 4.68 Å². The third kappa shape index (κ3) is 5.56. The highest BCUT2D eigenvalue weighted by atomic mass is 35.5. The molecule has 0 amide bonds. The highest BCUT2D eigenvalue weighted by molar-refractivity contribution is 6.35. The molecule has 0 radical (unpaired) electrons. The summed E-state index contributed by atoms with van der Waals surface area (Å²) in [5.74, 6) is -1.44. The lowest BCUT2D eigenvalue weighted by Gasteiger charge is -2.24. The summed E-state index contributed by atoms with van der Waals surface area (Å²) in [4.78, 5) is 3.98. The van der Waals surface area contributed by atoms with Crippen molar-refractivity contribution < 1.29 is 8.78 Å². The van der Waals surface area contributed by atoms with Gasteiger partial charge in [0, 0.05) is 47.4 Å². The van der Waals surface area contributed by atoms with Gasteiger partial charge in [-0.15, -0.1) is 0 Å². The van der Waals surface area contributed by atoms with Crippen LogP contribution in [0.3, 0.4) is 0 Å². The normalized spacial score (nSPS) is 13.9. The second kappa shape index (κ2) is 10.2. The first-order valence-electron chi connectivity index (χ1n) is 11.0. The van der Waals surface area contributed by atoms with Crippen LogP contribution in [0, 0.1) is 11.6 Å². The lowest BCUT2D eigenvalue weighted by Crippen LogP contribution is -2.31. The zero-order valence-corrected chi connectivity index (χ0v) is 20.1. The predicted octanol–water partition coefficient (Wildman–Crippen LogP) is 6.10. The van der Waals surface area contributed by atoms with E-state index in [2.05, 4.69) is 26.9 Å². The summed E-state index contributed by atoms with van der Waals surface area (Å²) < 4.78 is 29.8. The number of hydrogen-bond acceptors (Lipinski definition) is 5. The van der Waals surface area contributed by atoms with Crippen LogP contribution in [0.2, 0.25) is 10.0 Å². The molecule has 1 atom stereocenters. The minimum atomic E-state index is -0.600. The second-order valence-electron chi connectivity index (χ2n) is 8.43. The molecule has 1 aliphatic heterocycles. The van der Waals surface area contributed by atoms with Crippen LogP contribution in [0.5, 0.6) is 0 Å². The van der Waals surface area contributed by atoms with E-state index in [9.17, 15) is 8.78 Å². The van der Waals surface area contributed by atoms with Gasteiger partial charge in [0.15, 0.2) is 0 Å². The van der Waals surface area contributed by atoms with E-state index in [4.69, 9.17) is 23.2 Å². The number of anilines is 2. The van der Waals surface area contributed by atoms with Crippen molar-refractivity contribution in [1.82, 2.24) is 19.8 Å². The van der Waals surface area contributed by atoms with Crippen LogP contribution in [-0.4, -0.2) is 26.3 Å². The first kappa shape index (κ1) is 23.5. The molecule has 35 heavy (non-hydrogen) atoms. The number of aromatic nitrogens is 3. The van der Waals surface area contributed by atoms with Gasteiger partial charge in [0.2, 0.25) is 0 Å². The van der Waals surface area contributed by atoms with Crippen LogP contribution < -0.4 is 10.7 Å². The quantitative estimate of drug-likeness (QED) is 0.297. The fourth-order valence-electron chi connectivity index (χ4n) is 4.24. The fourth-order valence-corrected chi connectivity index (χ4v) is 4.71. The largest absolute Gasteiger partial charge is 0.381 e. The summed E-state index contributed by atoms with van der Waals surface area (Å²) in [6.07, 6.45) is 3.03. The van der Waals surface area contributed by atoms with Gasteiger partial charge in [0.1, 0.15) is 24.3 Å². The Morgan fingerprint density at radius 1 is 1.03 bits per heavy atom. The van der Waals surface area contributed by atoms with Crippen molar-refractivity contribution in [1.29, 1.82) is 0 Å². The van der Waals surface area contributed by atoms with Crippen molar-refractivity contribution in [3.63, 3.8) is 0 Å². The Labute approximate surface area is 211 Å². The maximum absolute atomic E-state index is 14.6. The molecule has 180 valence electrons. The highest BCUT2D eigenvalue weighted by Gasteiger charge is 2.25. The zero-order chi connectivity index (χ0) is 24.4. The Hall–Kier alpha value is -3.20. The number of hydrogen-bond donors (Lipinski definition) is 2. The number of fused-ring (bicyclic) bond motifs is 1. The summed E-state index contributed by atoms with van der Waals surface area (Å²) in [5, 5.41) is 10.8. The third-order valence-electron chi connectivity index (χ3n) is 5.96. The topological polar surface area (TPSA) is 58.0 Å². The number of benzene rings is 3. The number of nitrogens with zero attached hydrogens (tertiary/aromatic N) is 4. The van der Waals surface area contributed by atoms with Gasteiger partial charge in [-0.25, -0.2) is 18.8 Å². The Bertz CT molecular complexity index is 1330. The van der Waals surface area contributed by atoms with Gasteiger partial charge in [-0.05, 0) is 53.1 Å². The Morgan fingerprint density at radius 3 is 2.69 bits per heavy atom. The van der Waals surface area contributed by atoms with Crippen molar-refractivity contribution in [2.45, 2.75) is 25.6 Å². The molecule has 0 spiro atoms. The summed E-state index contributed by atoms with van der Waals surface area (Å²) >= 11 is 12.3. The van der Waals surface area contributed by atoms with E-state index in [1.807, 2.05) is 29.3 Å². The van der Waals surface area contributed by atoms with E-state index < -0.39 is 11.6 Å². The lowest BCUT2D eigenvalue weighted by atomic mass is 9.98. The van der Waals surface area contributed by atoms with Crippen molar-refractivity contribution in [2.24, 2.45) is 0 Å². The summed E-state index contributed by atoms with van der Waals surface area (Å²) in [5.41, 5.74) is 7.83. The minimum absolute atomic E-state index is 0.274. The monoisotopic (exact) mass is 514 g/mol. The van der Waals surface area contributed by atoms with Gasteiger partial charge in [-0.2, -0.15) is 5.10 Å². The van der Waals surface area contributed by atoms with Crippen LogP contribution in [0.4, 0.5) is 20.2 Å². The number of hydrazine groups is 1. The van der Waals surface area contributed by atoms with Crippen molar-refractivity contribution in [3.8, 4) is 0 Å². The number of nitrogens with one attached hydrogen (secondary N) is 2. The van der Waals surface area contributed by atoms with Gasteiger partial charge in [-0.1, -0.05) is 35.3 Å². The molecule has 2 N–H and O–H groups in total. The molecule has 2 heterocycles. The molecule has 0 fully saturated rings.